The van der Waals surface area contributed by atoms with E-state index in [2.05, 4.69) is 22.5 Å². The molecule has 5 heteroatoms. The third-order valence-electron chi connectivity index (χ3n) is 1.08. The van der Waals surface area contributed by atoms with E-state index in [0.717, 1.165) is 5.01 Å². The molecule has 0 radical (unpaired) electrons. The monoisotopic (exact) mass is 187 g/mol. The molecule has 0 aromatic carbocycles. The molecule has 0 unspecified atom stereocenters. The lowest BCUT2D eigenvalue weighted by atomic mass is 10.6. The SMILES string of the molecule is Cc1cnc(CNC(N)=S)s1. The number of thiocarbonyl (C=S) groups is 1. The molecule has 1 aromatic rings. The van der Waals surface area contributed by atoms with Gasteiger partial charge in [-0.25, -0.2) is 4.98 Å². The number of thiazole rings is 1. The lowest BCUT2D eigenvalue weighted by molar-refractivity contribution is 0.906. The van der Waals surface area contributed by atoms with Gasteiger partial charge < -0.3 is 11.1 Å². The van der Waals surface area contributed by atoms with Gasteiger partial charge in [0, 0.05) is 11.1 Å². The van der Waals surface area contributed by atoms with Gasteiger partial charge in [-0.15, -0.1) is 11.3 Å². The number of aromatic nitrogens is 1. The van der Waals surface area contributed by atoms with Crippen LogP contribution in [0.5, 0.6) is 0 Å². The Morgan fingerprint density at radius 1 is 1.91 bits per heavy atom. The summed E-state index contributed by atoms with van der Waals surface area (Å²) in [7, 11) is 0. The fourth-order valence-corrected chi connectivity index (χ4v) is 1.44. The quantitative estimate of drug-likeness (QED) is 0.672. The van der Waals surface area contributed by atoms with Gasteiger partial charge in [0.2, 0.25) is 0 Å². The van der Waals surface area contributed by atoms with Crippen LogP contribution in [-0.4, -0.2) is 10.1 Å². The van der Waals surface area contributed by atoms with E-state index in [4.69, 9.17) is 5.73 Å². The minimum Gasteiger partial charge on any atom is -0.376 e. The third kappa shape index (κ3) is 2.81. The van der Waals surface area contributed by atoms with Crippen molar-refractivity contribution in [2.45, 2.75) is 13.5 Å². The molecule has 11 heavy (non-hydrogen) atoms. The fraction of sp³-hybridized carbons (Fsp3) is 0.333. The molecule has 0 bridgehead atoms. The maximum Gasteiger partial charge on any atom is 0.163 e. The van der Waals surface area contributed by atoms with E-state index in [-0.39, 0.29) is 0 Å². The van der Waals surface area contributed by atoms with Crippen molar-refractivity contribution in [3.8, 4) is 0 Å². The van der Waals surface area contributed by atoms with Crippen LogP contribution in [0.1, 0.15) is 9.88 Å². The summed E-state index contributed by atoms with van der Waals surface area (Å²) < 4.78 is 0. The molecule has 0 aliphatic heterocycles. The third-order valence-corrected chi connectivity index (χ3v) is 2.14. The number of nitrogens with two attached hydrogens (primary N) is 1. The Bertz CT molecular complexity index is 256. The van der Waals surface area contributed by atoms with E-state index >= 15 is 0 Å². The molecule has 3 nitrogen and oxygen atoms in total. The first kappa shape index (κ1) is 8.42. The highest BCUT2D eigenvalue weighted by Gasteiger charge is 1.96. The predicted molar refractivity (Wildman–Crippen MR) is 50.5 cm³/mol. The van der Waals surface area contributed by atoms with E-state index in [0.29, 0.717) is 11.7 Å². The number of hydrogen-bond donors (Lipinski definition) is 2. The molecule has 1 aromatic heterocycles. The van der Waals surface area contributed by atoms with Crippen LogP contribution in [0.4, 0.5) is 0 Å². The summed E-state index contributed by atoms with van der Waals surface area (Å²) >= 11 is 6.29. The summed E-state index contributed by atoms with van der Waals surface area (Å²) in [5.74, 6) is 0. The van der Waals surface area contributed by atoms with Crippen LogP contribution in [-0.2, 0) is 6.54 Å². The van der Waals surface area contributed by atoms with Gasteiger partial charge >= 0.3 is 0 Å². The van der Waals surface area contributed by atoms with Crippen molar-refractivity contribution < 1.29 is 0 Å². The van der Waals surface area contributed by atoms with Crippen LogP contribution < -0.4 is 11.1 Å². The molecule has 3 N–H and O–H groups in total. The lowest BCUT2D eigenvalue weighted by Crippen LogP contribution is -2.28. The first-order valence-corrected chi connectivity index (χ1v) is 4.35. The highest BCUT2D eigenvalue weighted by atomic mass is 32.1. The number of nitrogens with one attached hydrogen (secondary N) is 1. The highest BCUT2D eigenvalue weighted by Crippen LogP contribution is 2.09. The molecule has 0 aliphatic carbocycles. The van der Waals surface area contributed by atoms with Crippen LogP contribution in [0.25, 0.3) is 0 Å². The zero-order chi connectivity index (χ0) is 8.27. The standard InChI is InChI=1S/C6H9N3S2/c1-4-2-8-5(11-4)3-9-6(7)10/h2H,3H2,1H3,(H3,7,9,10). The topological polar surface area (TPSA) is 50.9 Å². The zero-order valence-corrected chi connectivity index (χ0v) is 7.76. The van der Waals surface area contributed by atoms with Crippen molar-refractivity contribution in [3.05, 3.63) is 16.1 Å². The number of hydrogen-bond acceptors (Lipinski definition) is 3. The van der Waals surface area contributed by atoms with Crippen molar-refractivity contribution in [2.75, 3.05) is 0 Å². The minimum atomic E-state index is 0.317. The molecule has 0 saturated carbocycles. The lowest BCUT2D eigenvalue weighted by Gasteiger charge is -1.97. The highest BCUT2D eigenvalue weighted by molar-refractivity contribution is 7.80. The molecular weight excluding hydrogens is 178 g/mol. The molecule has 1 heterocycles. The number of nitrogens with zero attached hydrogens (tertiary/aromatic N) is 1. The number of aryl methyl sites for hydroxylation is 1. The molecular formula is C6H9N3S2. The van der Waals surface area contributed by atoms with Crippen LogP contribution in [0.2, 0.25) is 0 Å². The molecule has 0 saturated heterocycles. The Hall–Kier alpha value is -0.680. The van der Waals surface area contributed by atoms with Crippen molar-refractivity contribution in [3.63, 3.8) is 0 Å². The summed E-state index contributed by atoms with van der Waals surface area (Å²) in [6.07, 6.45) is 1.83. The van der Waals surface area contributed by atoms with Crippen molar-refractivity contribution in [1.82, 2.24) is 10.3 Å². The summed E-state index contributed by atoms with van der Waals surface area (Å²) in [6.45, 7) is 2.65. The second-order valence-corrected chi connectivity index (χ2v) is 3.84. The molecule has 0 amide bonds. The smallest absolute Gasteiger partial charge is 0.163 e. The summed E-state index contributed by atoms with van der Waals surface area (Å²) in [5.41, 5.74) is 5.24. The Kier molecular flexibility index (Phi) is 2.78. The average Bonchev–Trinajstić information content (AvgIpc) is 2.31. The van der Waals surface area contributed by atoms with Crippen LogP contribution >= 0.6 is 23.6 Å². The summed E-state index contributed by atoms with van der Waals surface area (Å²) in [5, 5.41) is 4.16. The fourth-order valence-electron chi connectivity index (χ4n) is 0.646. The van der Waals surface area contributed by atoms with Gasteiger partial charge in [-0.05, 0) is 19.1 Å². The number of rotatable bonds is 2. The van der Waals surface area contributed by atoms with Crippen LogP contribution in [0.15, 0.2) is 6.20 Å². The largest absolute Gasteiger partial charge is 0.376 e. The van der Waals surface area contributed by atoms with Gasteiger partial charge in [-0.3, -0.25) is 0 Å². The van der Waals surface area contributed by atoms with Crippen LogP contribution in [0, 0.1) is 6.92 Å². The maximum atomic E-state index is 5.24. The minimum absolute atomic E-state index is 0.317. The Morgan fingerprint density at radius 2 is 2.64 bits per heavy atom. The molecule has 60 valence electrons. The van der Waals surface area contributed by atoms with E-state index in [1.165, 1.54) is 4.88 Å². The molecule has 0 spiro atoms. The van der Waals surface area contributed by atoms with Gasteiger partial charge in [0.1, 0.15) is 5.01 Å². The van der Waals surface area contributed by atoms with Gasteiger partial charge in [0.05, 0.1) is 6.54 Å². The van der Waals surface area contributed by atoms with Gasteiger partial charge in [0.15, 0.2) is 5.11 Å². The first-order chi connectivity index (χ1) is 5.18. The summed E-state index contributed by atoms with van der Waals surface area (Å²) in [4.78, 5) is 5.33. The molecule has 1 rings (SSSR count). The van der Waals surface area contributed by atoms with Gasteiger partial charge in [-0.2, -0.15) is 0 Å². The zero-order valence-electron chi connectivity index (χ0n) is 6.13. The Balaban J connectivity index is 2.45. The molecule has 0 fully saturated rings. The van der Waals surface area contributed by atoms with Crippen molar-refractivity contribution in [1.29, 1.82) is 0 Å². The van der Waals surface area contributed by atoms with E-state index < -0.39 is 0 Å². The van der Waals surface area contributed by atoms with E-state index in [9.17, 15) is 0 Å². The predicted octanol–water partition coefficient (Wildman–Crippen LogP) is 0.785. The maximum absolute atomic E-state index is 5.24. The van der Waals surface area contributed by atoms with Crippen molar-refractivity contribution >= 4 is 28.7 Å². The second-order valence-electron chi connectivity index (χ2n) is 2.08. The van der Waals surface area contributed by atoms with E-state index in [1.54, 1.807) is 11.3 Å². The average molecular weight is 187 g/mol. The normalized spacial score (nSPS) is 9.55. The van der Waals surface area contributed by atoms with Gasteiger partial charge in [0.25, 0.3) is 0 Å². The Labute approximate surface area is 74.6 Å². The second kappa shape index (κ2) is 3.64. The Morgan fingerprint density at radius 3 is 3.09 bits per heavy atom. The van der Waals surface area contributed by atoms with E-state index in [1.807, 2.05) is 13.1 Å². The molecule has 0 atom stereocenters. The van der Waals surface area contributed by atoms with Gasteiger partial charge in [-0.1, -0.05) is 0 Å². The summed E-state index contributed by atoms with van der Waals surface area (Å²) in [6, 6.07) is 0. The molecule has 0 aliphatic rings. The first-order valence-electron chi connectivity index (χ1n) is 3.13. The van der Waals surface area contributed by atoms with Crippen molar-refractivity contribution in [2.24, 2.45) is 5.73 Å². The van der Waals surface area contributed by atoms with Crippen LogP contribution in [0.3, 0.4) is 0 Å².